The molecule has 2 aromatic heterocycles. The van der Waals surface area contributed by atoms with E-state index in [1.807, 2.05) is 22.8 Å². The van der Waals surface area contributed by atoms with Gasteiger partial charge in [-0.25, -0.2) is 4.98 Å². The summed E-state index contributed by atoms with van der Waals surface area (Å²) < 4.78 is 1.91. The first kappa shape index (κ1) is 18.8. The maximum atomic E-state index is 13.5. The minimum Gasteiger partial charge on any atom is -0.283 e. The Hall–Kier alpha value is -1.59. The number of unbranched alkanes of at least 4 members (excludes halogenated alkanes) is 1. The zero-order chi connectivity index (χ0) is 18.6. The van der Waals surface area contributed by atoms with Crippen LogP contribution in [0.15, 0.2) is 40.3 Å². The molecule has 4 rings (SSSR count). The number of hydrogen-bond acceptors (Lipinski definition) is 4. The fourth-order valence-corrected chi connectivity index (χ4v) is 6.10. The number of thiophene rings is 1. The molecule has 0 atom stereocenters. The van der Waals surface area contributed by atoms with Gasteiger partial charge < -0.3 is 0 Å². The zero-order valence-electron chi connectivity index (χ0n) is 15.9. The number of aryl methyl sites for hydroxylation is 2. The lowest BCUT2D eigenvalue weighted by Gasteiger charge is -2.12. The summed E-state index contributed by atoms with van der Waals surface area (Å²) in [6.07, 6.45) is 8.11. The molecule has 3 nitrogen and oxygen atoms in total. The van der Waals surface area contributed by atoms with Crippen LogP contribution in [0.1, 0.15) is 55.0 Å². The molecule has 0 radical (unpaired) electrons. The van der Waals surface area contributed by atoms with Crippen LogP contribution in [0, 0.1) is 0 Å². The second-order valence-corrected chi connectivity index (χ2v) is 9.36. The van der Waals surface area contributed by atoms with Gasteiger partial charge in [0.1, 0.15) is 4.83 Å². The molecule has 0 saturated heterocycles. The van der Waals surface area contributed by atoms with Gasteiger partial charge in [0.25, 0.3) is 5.56 Å². The second-order valence-electron chi connectivity index (χ2n) is 7.22. The van der Waals surface area contributed by atoms with Gasteiger partial charge in [-0.15, -0.1) is 11.3 Å². The van der Waals surface area contributed by atoms with Crippen LogP contribution in [-0.2, 0) is 19.4 Å². The summed E-state index contributed by atoms with van der Waals surface area (Å²) in [5.74, 6) is 1.01. The standard InChI is InChI=1S/C22H26N2OS2/c1-2-3-14-26-22-23-20-19(17-12-8-5-9-13-18(17)27-20)21(25)24(22)15-16-10-6-4-7-11-16/h4,6-7,10-11H,2-3,5,8-9,12-15H2,1H3. The van der Waals surface area contributed by atoms with Gasteiger partial charge in [-0.3, -0.25) is 9.36 Å². The van der Waals surface area contributed by atoms with E-state index < -0.39 is 0 Å². The van der Waals surface area contributed by atoms with E-state index in [4.69, 9.17) is 4.98 Å². The largest absolute Gasteiger partial charge is 0.283 e. The molecule has 5 heteroatoms. The van der Waals surface area contributed by atoms with E-state index in [-0.39, 0.29) is 5.56 Å². The second kappa shape index (κ2) is 8.61. The van der Waals surface area contributed by atoms with Gasteiger partial charge in [-0.05, 0) is 43.2 Å². The lowest BCUT2D eigenvalue weighted by atomic mass is 10.1. The Morgan fingerprint density at radius 2 is 1.96 bits per heavy atom. The van der Waals surface area contributed by atoms with Crippen molar-refractivity contribution in [2.24, 2.45) is 0 Å². The average molecular weight is 399 g/mol. The normalized spacial score (nSPS) is 14.3. The lowest BCUT2D eigenvalue weighted by molar-refractivity contribution is 0.657. The van der Waals surface area contributed by atoms with Crippen molar-refractivity contribution in [1.29, 1.82) is 0 Å². The Bertz CT molecular complexity index is 975. The van der Waals surface area contributed by atoms with Crippen LogP contribution in [-0.4, -0.2) is 15.3 Å². The molecule has 0 fully saturated rings. The van der Waals surface area contributed by atoms with Crippen LogP contribution in [0.5, 0.6) is 0 Å². The number of aromatic nitrogens is 2. The van der Waals surface area contributed by atoms with E-state index in [2.05, 4.69) is 19.1 Å². The number of hydrogen-bond donors (Lipinski definition) is 0. The minimum atomic E-state index is 0.155. The highest BCUT2D eigenvalue weighted by atomic mass is 32.2. The van der Waals surface area contributed by atoms with Crippen molar-refractivity contribution in [3.63, 3.8) is 0 Å². The molecule has 2 heterocycles. The van der Waals surface area contributed by atoms with Crippen molar-refractivity contribution < 1.29 is 0 Å². The number of nitrogens with zero attached hydrogens (tertiary/aromatic N) is 2. The third-order valence-corrected chi connectivity index (χ3v) is 7.45. The molecule has 1 aliphatic carbocycles. The number of thioether (sulfide) groups is 1. The summed E-state index contributed by atoms with van der Waals surface area (Å²) >= 11 is 3.49. The lowest BCUT2D eigenvalue weighted by Crippen LogP contribution is -2.24. The molecular weight excluding hydrogens is 372 g/mol. The first-order valence-electron chi connectivity index (χ1n) is 9.99. The quantitative estimate of drug-likeness (QED) is 0.232. The fourth-order valence-electron chi connectivity index (χ4n) is 3.72. The number of rotatable bonds is 6. The van der Waals surface area contributed by atoms with Crippen LogP contribution >= 0.6 is 23.1 Å². The third-order valence-electron chi connectivity index (χ3n) is 5.20. The first-order valence-corrected chi connectivity index (χ1v) is 11.8. The Balaban J connectivity index is 1.83. The molecule has 0 saturated carbocycles. The van der Waals surface area contributed by atoms with Gasteiger partial charge in [0.2, 0.25) is 0 Å². The molecule has 1 aliphatic rings. The number of fused-ring (bicyclic) bond motifs is 3. The molecule has 0 N–H and O–H groups in total. The van der Waals surface area contributed by atoms with E-state index in [1.54, 1.807) is 23.1 Å². The SMILES string of the molecule is CCCCSc1nc2sc3c(c2c(=O)n1Cc1ccccc1)CCCCC3. The topological polar surface area (TPSA) is 34.9 Å². The van der Waals surface area contributed by atoms with Gasteiger partial charge in [-0.1, -0.05) is 61.9 Å². The van der Waals surface area contributed by atoms with Crippen LogP contribution in [0.3, 0.4) is 0 Å². The van der Waals surface area contributed by atoms with E-state index in [1.165, 1.54) is 29.7 Å². The van der Waals surface area contributed by atoms with Gasteiger partial charge in [0.05, 0.1) is 11.9 Å². The zero-order valence-corrected chi connectivity index (χ0v) is 17.5. The highest BCUT2D eigenvalue weighted by molar-refractivity contribution is 7.99. The summed E-state index contributed by atoms with van der Waals surface area (Å²) in [5.41, 5.74) is 2.60. The fraction of sp³-hybridized carbons (Fsp3) is 0.455. The van der Waals surface area contributed by atoms with Gasteiger partial charge >= 0.3 is 0 Å². The Labute approximate surface area is 168 Å². The molecule has 142 valence electrons. The van der Waals surface area contributed by atoms with Crippen LogP contribution in [0.4, 0.5) is 0 Å². The number of benzene rings is 1. The van der Waals surface area contributed by atoms with Gasteiger partial charge in [-0.2, -0.15) is 0 Å². The molecular formula is C22H26N2OS2. The molecule has 0 unspecified atom stereocenters. The Morgan fingerprint density at radius 3 is 2.78 bits per heavy atom. The maximum absolute atomic E-state index is 13.5. The van der Waals surface area contributed by atoms with E-state index in [0.29, 0.717) is 6.54 Å². The van der Waals surface area contributed by atoms with Gasteiger partial charge in [0.15, 0.2) is 5.16 Å². The molecule has 0 aliphatic heterocycles. The van der Waals surface area contributed by atoms with Gasteiger partial charge in [0, 0.05) is 10.6 Å². The van der Waals surface area contributed by atoms with E-state index in [9.17, 15) is 4.79 Å². The van der Waals surface area contributed by atoms with Crippen molar-refractivity contribution in [3.05, 3.63) is 56.7 Å². The smallest absolute Gasteiger partial charge is 0.263 e. The van der Waals surface area contributed by atoms with Crippen LogP contribution < -0.4 is 5.56 Å². The summed E-state index contributed by atoms with van der Waals surface area (Å²) in [6, 6.07) is 10.3. The highest BCUT2D eigenvalue weighted by Crippen LogP contribution is 2.34. The van der Waals surface area contributed by atoms with Crippen molar-refractivity contribution in [2.75, 3.05) is 5.75 Å². The monoisotopic (exact) mass is 398 g/mol. The Morgan fingerprint density at radius 1 is 1.15 bits per heavy atom. The maximum Gasteiger partial charge on any atom is 0.263 e. The third kappa shape index (κ3) is 3.99. The minimum absolute atomic E-state index is 0.155. The predicted octanol–water partition coefficient (Wildman–Crippen LogP) is 5.67. The summed E-state index contributed by atoms with van der Waals surface area (Å²) in [7, 11) is 0. The van der Waals surface area contributed by atoms with Crippen molar-refractivity contribution >= 4 is 33.3 Å². The molecule has 3 aromatic rings. The molecule has 0 amide bonds. The summed E-state index contributed by atoms with van der Waals surface area (Å²) in [6.45, 7) is 2.80. The Kier molecular flexibility index (Phi) is 5.98. The molecule has 27 heavy (non-hydrogen) atoms. The molecule has 1 aromatic carbocycles. The van der Waals surface area contributed by atoms with Crippen LogP contribution in [0.25, 0.3) is 10.2 Å². The van der Waals surface area contributed by atoms with Crippen molar-refractivity contribution in [1.82, 2.24) is 9.55 Å². The predicted molar refractivity (Wildman–Crippen MR) is 116 cm³/mol. The van der Waals surface area contributed by atoms with E-state index >= 15 is 0 Å². The summed E-state index contributed by atoms with van der Waals surface area (Å²) in [5, 5.41) is 1.77. The first-order chi connectivity index (χ1) is 13.3. The summed E-state index contributed by atoms with van der Waals surface area (Å²) in [4.78, 5) is 20.9. The van der Waals surface area contributed by atoms with Crippen LogP contribution in [0.2, 0.25) is 0 Å². The average Bonchev–Trinajstić information content (AvgIpc) is 2.87. The molecule has 0 bridgehead atoms. The van der Waals surface area contributed by atoms with Crippen molar-refractivity contribution in [2.45, 2.75) is 63.6 Å². The van der Waals surface area contributed by atoms with E-state index in [0.717, 1.165) is 52.4 Å². The highest BCUT2D eigenvalue weighted by Gasteiger charge is 2.21. The molecule has 0 spiro atoms. The van der Waals surface area contributed by atoms with Crippen molar-refractivity contribution in [3.8, 4) is 0 Å².